The van der Waals surface area contributed by atoms with Crippen molar-refractivity contribution >= 4 is 38.8 Å². The standard InChI is InChI=1S/C21H22ClFN2O4S/c1-12(2)7-19(26)15-8-18-20(9-16(15)23)30(28,29)11-17(24)21(27)25(18)10-13-3-5-14(22)6-4-13/h3-6,8-9,12,17H,7,10-11,24H2,1-2H3/t17-/m0/s1. The molecule has 2 N–H and O–H groups in total. The predicted molar refractivity (Wildman–Crippen MR) is 113 cm³/mol. The summed E-state index contributed by atoms with van der Waals surface area (Å²) in [6, 6.07) is 7.31. The topological polar surface area (TPSA) is 97.5 Å². The number of hydrogen-bond donors (Lipinski definition) is 1. The number of carbonyl (C=O) groups excluding carboxylic acids is 2. The normalized spacial score (nSPS) is 18.3. The summed E-state index contributed by atoms with van der Waals surface area (Å²) in [7, 11) is -4.04. The van der Waals surface area contributed by atoms with Crippen LogP contribution in [0.25, 0.3) is 0 Å². The Bertz CT molecular complexity index is 1100. The van der Waals surface area contributed by atoms with Crippen LogP contribution in [-0.2, 0) is 21.2 Å². The zero-order valence-electron chi connectivity index (χ0n) is 16.6. The molecule has 0 unspecified atom stereocenters. The number of halogens is 2. The fourth-order valence-electron chi connectivity index (χ4n) is 3.35. The first-order valence-electron chi connectivity index (χ1n) is 9.40. The number of rotatable bonds is 5. The molecule has 2 aromatic rings. The van der Waals surface area contributed by atoms with E-state index in [2.05, 4.69) is 0 Å². The highest BCUT2D eigenvalue weighted by atomic mass is 35.5. The van der Waals surface area contributed by atoms with E-state index in [1.165, 1.54) is 4.90 Å². The van der Waals surface area contributed by atoms with Gasteiger partial charge in [0.1, 0.15) is 5.82 Å². The summed E-state index contributed by atoms with van der Waals surface area (Å²) >= 11 is 5.91. The summed E-state index contributed by atoms with van der Waals surface area (Å²) in [5, 5.41) is 0.504. The van der Waals surface area contributed by atoms with E-state index in [4.69, 9.17) is 17.3 Å². The first-order chi connectivity index (χ1) is 14.0. The van der Waals surface area contributed by atoms with E-state index in [1.807, 2.05) is 13.8 Å². The largest absolute Gasteiger partial charge is 0.319 e. The molecule has 6 nitrogen and oxygen atoms in total. The second-order valence-corrected chi connectivity index (χ2v) is 10.2. The van der Waals surface area contributed by atoms with Crippen molar-refractivity contribution in [3.05, 3.63) is 58.4 Å². The van der Waals surface area contributed by atoms with Crippen LogP contribution in [0.4, 0.5) is 10.1 Å². The fraction of sp³-hybridized carbons (Fsp3) is 0.333. The van der Waals surface area contributed by atoms with Crippen LogP contribution in [0.2, 0.25) is 5.02 Å². The van der Waals surface area contributed by atoms with Gasteiger partial charge in [-0.2, -0.15) is 0 Å². The van der Waals surface area contributed by atoms with Crippen molar-refractivity contribution in [1.29, 1.82) is 0 Å². The van der Waals surface area contributed by atoms with Crippen molar-refractivity contribution in [2.75, 3.05) is 10.7 Å². The molecule has 0 saturated heterocycles. The van der Waals surface area contributed by atoms with Gasteiger partial charge in [0, 0.05) is 11.4 Å². The van der Waals surface area contributed by atoms with Crippen molar-refractivity contribution in [1.82, 2.24) is 0 Å². The Kier molecular flexibility index (Phi) is 6.31. The van der Waals surface area contributed by atoms with Crippen LogP contribution in [0.5, 0.6) is 0 Å². The average molecular weight is 453 g/mol. The van der Waals surface area contributed by atoms with Crippen LogP contribution in [-0.4, -0.2) is 31.9 Å². The first kappa shape index (κ1) is 22.4. The van der Waals surface area contributed by atoms with E-state index in [0.717, 1.165) is 12.1 Å². The molecule has 1 heterocycles. The van der Waals surface area contributed by atoms with Gasteiger partial charge in [0.25, 0.3) is 0 Å². The molecule has 0 radical (unpaired) electrons. The molecular formula is C21H22ClFN2O4S. The lowest BCUT2D eigenvalue weighted by atomic mass is 10.00. The van der Waals surface area contributed by atoms with Crippen molar-refractivity contribution in [3.63, 3.8) is 0 Å². The second kappa shape index (κ2) is 8.45. The molecule has 9 heteroatoms. The fourth-order valence-corrected chi connectivity index (χ4v) is 5.04. The first-order valence-corrected chi connectivity index (χ1v) is 11.4. The molecule has 30 heavy (non-hydrogen) atoms. The van der Waals surface area contributed by atoms with E-state index in [-0.39, 0.29) is 35.0 Å². The smallest absolute Gasteiger partial charge is 0.245 e. The number of amides is 1. The monoisotopic (exact) mass is 452 g/mol. The molecule has 1 amide bonds. The van der Waals surface area contributed by atoms with Crippen LogP contribution in [0.15, 0.2) is 41.3 Å². The number of nitrogens with zero attached hydrogens (tertiary/aromatic N) is 1. The SMILES string of the molecule is CC(C)CC(=O)c1cc2c(cc1F)S(=O)(=O)C[C@H](N)C(=O)N2Cc1ccc(Cl)cc1. The average Bonchev–Trinajstić information content (AvgIpc) is 2.71. The number of hydrogen-bond acceptors (Lipinski definition) is 5. The maximum absolute atomic E-state index is 14.7. The van der Waals surface area contributed by atoms with E-state index in [0.29, 0.717) is 10.6 Å². The van der Waals surface area contributed by atoms with Crippen LogP contribution in [0.3, 0.4) is 0 Å². The van der Waals surface area contributed by atoms with Crippen LogP contribution < -0.4 is 10.6 Å². The molecule has 0 saturated carbocycles. The number of ketones is 1. The number of sulfone groups is 1. The van der Waals surface area contributed by atoms with Gasteiger partial charge in [0.15, 0.2) is 15.6 Å². The lowest BCUT2D eigenvalue weighted by molar-refractivity contribution is -0.119. The molecule has 1 atom stereocenters. The molecule has 0 fully saturated rings. The summed E-state index contributed by atoms with van der Waals surface area (Å²) in [5.41, 5.74) is 6.23. The quantitative estimate of drug-likeness (QED) is 0.701. The summed E-state index contributed by atoms with van der Waals surface area (Å²) in [4.78, 5) is 26.3. The molecular weight excluding hydrogens is 431 g/mol. The minimum atomic E-state index is -4.04. The summed E-state index contributed by atoms with van der Waals surface area (Å²) in [6.07, 6.45) is 0.0904. The van der Waals surface area contributed by atoms with E-state index >= 15 is 0 Å². The van der Waals surface area contributed by atoms with Gasteiger partial charge in [-0.25, -0.2) is 12.8 Å². The minimum absolute atomic E-state index is 0.00430. The van der Waals surface area contributed by atoms with Gasteiger partial charge >= 0.3 is 0 Å². The third-order valence-electron chi connectivity index (χ3n) is 4.80. The highest BCUT2D eigenvalue weighted by Gasteiger charge is 2.37. The Morgan fingerprint density at radius 3 is 2.50 bits per heavy atom. The van der Waals surface area contributed by atoms with Gasteiger partial charge in [-0.05, 0) is 35.7 Å². The number of nitrogens with two attached hydrogens (primary N) is 1. The van der Waals surface area contributed by atoms with Gasteiger partial charge in [0.05, 0.1) is 34.5 Å². The molecule has 2 aromatic carbocycles. The molecule has 160 valence electrons. The summed E-state index contributed by atoms with van der Waals surface area (Å²) in [5.74, 6) is -2.68. The Morgan fingerprint density at radius 2 is 1.90 bits per heavy atom. The molecule has 3 rings (SSSR count). The molecule has 1 aliphatic heterocycles. The summed E-state index contributed by atoms with van der Waals surface area (Å²) in [6.45, 7) is 3.63. The van der Waals surface area contributed by atoms with E-state index < -0.39 is 39.1 Å². The minimum Gasteiger partial charge on any atom is -0.319 e. The van der Waals surface area contributed by atoms with Gasteiger partial charge in [-0.15, -0.1) is 0 Å². The molecule has 0 bridgehead atoms. The second-order valence-electron chi connectivity index (χ2n) is 7.76. The Hall–Kier alpha value is -2.29. The molecule has 0 spiro atoms. The maximum atomic E-state index is 14.7. The van der Waals surface area contributed by atoms with Crippen LogP contribution >= 0.6 is 11.6 Å². The van der Waals surface area contributed by atoms with Crippen molar-refractivity contribution in [3.8, 4) is 0 Å². The number of benzene rings is 2. The molecule has 0 aliphatic carbocycles. The van der Waals surface area contributed by atoms with Gasteiger partial charge in [0.2, 0.25) is 5.91 Å². The lowest BCUT2D eigenvalue weighted by Gasteiger charge is -2.25. The Balaban J connectivity index is 2.18. The van der Waals surface area contributed by atoms with Gasteiger partial charge in [-0.1, -0.05) is 37.6 Å². The van der Waals surface area contributed by atoms with Gasteiger partial charge < -0.3 is 10.6 Å². The zero-order valence-corrected chi connectivity index (χ0v) is 18.1. The highest BCUT2D eigenvalue weighted by Crippen LogP contribution is 2.34. The zero-order chi connectivity index (χ0) is 22.2. The Labute approximate surface area is 179 Å². The van der Waals surface area contributed by atoms with E-state index in [1.54, 1.807) is 24.3 Å². The number of fused-ring (bicyclic) bond motifs is 1. The summed E-state index contributed by atoms with van der Waals surface area (Å²) < 4.78 is 40.3. The highest BCUT2D eigenvalue weighted by molar-refractivity contribution is 7.91. The van der Waals surface area contributed by atoms with Crippen molar-refractivity contribution in [2.24, 2.45) is 11.7 Å². The van der Waals surface area contributed by atoms with Crippen molar-refractivity contribution < 1.29 is 22.4 Å². The van der Waals surface area contributed by atoms with Crippen LogP contribution in [0, 0.1) is 11.7 Å². The number of Topliss-reactive ketones (excluding diaryl/α,β-unsaturated/α-hetero) is 1. The number of carbonyl (C=O) groups is 2. The van der Waals surface area contributed by atoms with Crippen molar-refractivity contribution in [2.45, 2.75) is 37.8 Å². The molecule has 0 aromatic heterocycles. The van der Waals surface area contributed by atoms with Crippen LogP contribution in [0.1, 0.15) is 36.2 Å². The third-order valence-corrected chi connectivity index (χ3v) is 6.85. The maximum Gasteiger partial charge on any atom is 0.245 e. The molecule has 1 aliphatic rings. The predicted octanol–water partition coefficient (Wildman–Crippen LogP) is 3.36. The number of anilines is 1. The third kappa shape index (κ3) is 4.55. The Morgan fingerprint density at radius 1 is 1.27 bits per heavy atom. The van der Waals surface area contributed by atoms with E-state index in [9.17, 15) is 22.4 Å². The van der Waals surface area contributed by atoms with Gasteiger partial charge in [-0.3, -0.25) is 9.59 Å². The lowest BCUT2D eigenvalue weighted by Crippen LogP contribution is -2.45.